The average Bonchev–Trinajstić information content (AvgIpc) is 3.62. The zero-order chi connectivity index (χ0) is 31.6. The van der Waals surface area contributed by atoms with Gasteiger partial charge in [0.1, 0.15) is 28.7 Å². The Balaban J connectivity index is 1.51. The number of esters is 1. The molecule has 2 aliphatic heterocycles. The minimum atomic E-state index is -2.13. The summed E-state index contributed by atoms with van der Waals surface area (Å²) in [7, 11) is 0. The molecule has 1 spiro atoms. The van der Waals surface area contributed by atoms with Crippen LogP contribution >= 0.6 is 11.3 Å². The number of para-hydroxylation sites is 1. The maximum Gasteiger partial charge on any atom is 0.350 e. The SMILES string of the molecule is C=CCOC(=O)c1sc(N2C(=O)c3oc4ccc(F)cc4c(=O)c3C23C(=O)N(Cc2ccc(F)cc2)c2ccccc23)nc1C. The maximum atomic E-state index is 14.9. The molecular weight excluding hydrogens is 604 g/mol. The van der Waals surface area contributed by atoms with Crippen molar-refractivity contribution < 1.29 is 32.3 Å². The fourth-order valence-electron chi connectivity index (χ4n) is 5.93. The van der Waals surface area contributed by atoms with Crippen LogP contribution in [0.25, 0.3) is 11.0 Å². The van der Waals surface area contributed by atoms with Crippen molar-refractivity contribution in [1.29, 1.82) is 0 Å². The van der Waals surface area contributed by atoms with Crippen molar-refractivity contribution in [2.24, 2.45) is 0 Å². The smallest absolute Gasteiger partial charge is 0.350 e. The minimum absolute atomic E-state index is 0.0290. The van der Waals surface area contributed by atoms with Gasteiger partial charge >= 0.3 is 5.97 Å². The molecule has 12 heteroatoms. The molecule has 4 heterocycles. The molecule has 7 rings (SSSR count). The van der Waals surface area contributed by atoms with Crippen molar-refractivity contribution in [3.63, 3.8) is 0 Å². The molecule has 0 radical (unpaired) electrons. The predicted molar refractivity (Wildman–Crippen MR) is 161 cm³/mol. The Morgan fingerprint density at radius 2 is 1.80 bits per heavy atom. The van der Waals surface area contributed by atoms with Crippen LogP contribution < -0.4 is 15.2 Å². The summed E-state index contributed by atoms with van der Waals surface area (Å²) in [6.07, 6.45) is 1.40. The Morgan fingerprint density at radius 1 is 1.07 bits per heavy atom. The van der Waals surface area contributed by atoms with Gasteiger partial charge in [-0.1, -0.05) is 54.3 Å². The van der Waals surface area contributed by atoms with Crippen LogP contribution in [0, 0.1) is 18.6 Å². The third kappa shape index (κ3) is 4.06. The standard InChI is InChI=1S/C33H21F2N3O6S/c1-3-14-43-30(41)28-17(2)36-32(45-28)38-29(40)27-25(26(39)21-15-20(35)12-13-24(21)44-27)33(38)22-6-4-5-7-23(22)37(31(33)42)16-18-8-10-19(34)11-9-18/h3-13,15H,1,14,16H2,2H3. The Kier molecular flexibility index (Phi) is 6.48. The lowest BCUT2D eigenvalue weighted by molar-refractivity contribution is -0.121. The number of aromatic nitrogens is 1. The van der Waals surface area contributed by atoms with E-state index >= 15 is 0 Å². The molecule has 2 aliphatic rings. The molecule has 2 aromatic heterocycles. The molecule has 0 fully saturated rings. The van der Waals surface area contributed by atoms with E-state index in [4.69, 9.17) is 9.15 Å². The lowest BCUT2D eigenvalue weighted by atomic mass is 9.84. The normalized spacial score (nSPS) is 16.9. The largest absolute Gasteiger partial charge is 0.457 e. The van der Waals surface area contributed by atoms with Crippen LogP contribution in [0.2, 0.25) is 0 Å². The Hall–Kier alpha value is -5.49. The molecule has 0 saturated carbocycles. The van der Waals surface area contributed by atoms with Crippen LogP contribution in [0.5, 0.6) is 0 Å². The highest BCUT2D eigenvalue weighted by Crippen LogP contribution is 2.55. The molecular formula is C33H21F2N3O6S. The van der Waals surface area contributed by atoms with Gasteiger partial charge in [0.05, 0.1) is 28.9 Å². The van der Waals surface area contributed by atoms with Gasteiger partial charge in [0.2, 0.25) is 5.76 Å². The van der Waals surface area contributed by atoms with Crippen molar-refractivity contribution in [2.75, 3.05) is 16.4 Å². The zero-order valence-electron chi connectivity index (χ0n) is 23.5. The van der Waals surface area contributed by atoms with Gasteiger partial charge in [0, 0.05) is 5.56 Å². The van der Waals surface area contributed by atoms with Gasteiger partial charge in [0.15, 0.2) is 16.1 Å². The zero-order valence-corrected chi connectivity index (χ0v) is 24.3. The second-order valence-corrected chi connectivity index (χ2v) is 11.4. The first-order chi connectivity index (χ1) is 21.7. The number of ether oxygens (including phenoxy) is 1. The summed E-state index contributed by atoms with van der Waals surface area (Å²) >= 11 is 0.816. The van der Waals surface area contributed by atoms with E-state index in [2.05, 4.69) is 11.6 Å². The molecule has 3 aromatic carbocycles. The van der Waals surface area contributed by atoms with Gasteiger partial charge in [-0.3, -0.25) is 19.3 Å². The average molecular weight is 626 g/mol. The number of aryl methyl sites for hydroxylation is 1. The monoisotopic (exact) mass is 625 g/mol. The highest BCUT2D eigenvalue weighted by molar-refractivity contribution is 7.17. The number of carbonyl (C=O) groups excluding carboxylic acids is 3. The number of amides is 2. The molecule has 5 aromatic rings. The molecule has 1 unspecified atom stereocenters. The van der Waals surface area contributed by atoms with Crippen LogP contribution in [0.1, 0.15) is 42.6 Å². The first-order valence-corrected chi connectivity index (χ1v) is 14.5. The number of fused-ring (bicyclic) bond motifs is 5. The van der Waals surface area contributed by atoms with Crippen LogP contribution in [-0.2, 0) is 21.6 Å². The first kappa shape index (κ1) is 28.3. The van der Waals surface area contributed by atoms with Crippen LogP contribution in [-0.4, -0.2) is 29.4 Å². The highest BCUT2D eigenvalue weighted by Gasteiger charge is 2.66. The lowest BCUT2D eigenvalue weighted by Gasteiger charge is -2.32. The number of anilines is 2. The van der Waals surface area contributed by atoms with E-state index in [1.54, 1.807) is 31.2 Å². The summed E-state index contributed by atoms with van der Waals surface area (Å²) in [5.41, 5.74) is -1.77. The molecule has 0 bridgehead atoms. The van der Waals surface area contributed by atoms with Gasteiger partial charge in [-0.05, 0) is 48.9 Å². The van der Waals surface area contributed by atoms with E-state index in [0.29, 0.717) is 11.3 Å². The maximum absolute atomic E-state index is 14.9. The molecule has 9 nitrogen and oxygen atoms in total. The van der Waals surface area contributed by atoms with Crippen LogP contribution in [0.3, 0.4) is 0 Å². The van der Waals surface area contributed by atoms with Crippen molar-refractivity contribution in [3.8, 4) is 0 Å². The second-order valence-electron chi connectivity index (χ2n) is 10.5. The van der Waals surface area contributed by atoms with E-state index < -0.39 is 46.1 Å². The molecule has 0 aliphatic carbocycles. The molecule has 2 amide bonds. The number of carbonyl (C=O) groups is 3. The summed E-state index contributed by atoms with van der Waals surface area (Å²) in [5.74, 6) is -3.82. The van der Waals surface area contributed by atoms with E-state index in [1.165, 1.54) is 41.3 Å². The number of hydrogen-bond acceptors (Lipinski definition) is 8. The molecule has 0 N–H and O–H groups in total. The number of halogens is 2. The van der Waals surface area contributed by atoms with Crippen molar-refractivity contribution in [3.05, 3.63) is 134 Å². The Bertz CT molecular complexity index is 2160. The summed E-state index contributed by atoms with van der Waals surface area (Å²) in [4.78, 5) is 63.5. The topological polar surface area (TPSA) is 110 Å². The third-order valence-electron chi connectivity index (χ3n) is 7.83. The fraction of sp³-hybridized carbons (Fsp3) is 0.121. The van der Waals surface area contributed by atoms with E-state index in [9.17, 15) is 28.0 Å². The summed E-state index contributed by atoms with van der Waals surface area (Å²) in [6, 6.07) is 15.5. The number of rotatable bonds is 6. The number of nitrogens with zero attached hydrogens (tertiary/aromatic N) is 3. The first-order valence-electron chi connectivity index (χ1n) is 13.7. The van der Waals surface area contributed by atoms with Gasteiger partial charge in [0.25, 0.3) is 11.8 Å². The summed E-state index contributed by atoms with van der Waals surface area (Å²) in [5, 5.41) is -0.218. The van der Waals surface area contributed by atoms with E-state index in [-0.39, 0.29) is 51.0 Å². The molecule has 0 saturated heterocycles. The van der Waals surface area contributed by atoms with Crippen molar-refractivity contribution in [2.45, 2.75) is 19.0 Å². The Labute approximate surface area is 257 Å². The molecule has 45 heavy (non-hydrogen) atoms. The summed E-state index contributed by atoms with van der Waals surface area (Å²) in [6.45, 7) is 5.00. The Morgan fingerprint density at radius 3 is 2.56 bits per heavy atom. The highest BCUT2D eigenvalue weighted by atomic mass is 32.1. The van der Waals surface area contributed by atoms with Gasteiger partial charge in [-0.15, -0.1) is 0 Å². The van der Waals surface area contributed by atoms with Gasteiger partial charge < -0.3 is 14.1 Å². The number of hydrogen-bond donors (Lipinski definition) is 0. The molecule has 224 valence electrons. The van der Waals surface area contributed by atoms with Gasteiger partial charge in [-0.25, -0.2) is 18.6 Å². The van der Waals surface area contributed by atoms with Gasteiger partial charge in [-0.2, -0.15) is 0 Å². The lowest BCUT2D eigenvalue weighted by Crippen LogP contribution is -2.53. The summed E-state index contributed by atoms with van der Waals surface area (Å²) < 4.78 is 39.3. The van der Waals surface area contributed by atoms with Crippen molar-refractivity contribution in [1.82, 2.24) is 4.98 Å². The van der Waals surface area contributed by atoms with Crippen LogP contribution in [0.15, 0.2) is 88.6 Å². The predicted octanol–water partition coefficient (Wildman–Crippen LogP) is 5.63. The second kappa shape index (κ2) is 10.3. The van der Waals surface area contributed by atoms with E-state index in [1.807, 2.05) is 0 Å². The molecule has 1 atom stereocenters. The quantitative estimate of drug-likeness (QED) is 0.178. The minimum Gasteiger partial charge on any atom is -0.457 e. The van der Waals surface area contributed by atoms with Crippen molar-refractivity contribution >= 4 is 50.9 Å². The fourth-order valence-corrected chi connectivity index (χ4v) is 6.94. The van der Waals surface area contributed by atoms with Crippen LogP contribution in [0.4, 0.5) is 19.6 Å². The number of benzene rings is 3. The number of thiazole rings is 1. The third-order valence-corrected chi connectivity index (χ3v) is 8.96. The van der Waals surface area contributed by atoms with E-state index in [0.717, 1.165) is 28.4 Å².